The van der Waals surface area contributed by atoms with Crippen molar-refractivity contribution in [2.24, 2.45) is 0 Å². The Morgan fingerprint density at radius 3 is 1.93 bits per heavy atom. The predicted octanol–water partition coefficient (Wildman–Crippen LogP) is 5.38. The summed E-state index contributed by atoms with van der Waals surface area (Å²) >= 11 is 0. The molecule has 29 heavy (non-hydrogen) atoms. The highest BCUT2D eigenvalue weighted by molar-refractivity contribution is 5.86. The molecule has 0 saturated carbocycles. The van der Waals surface area contributed by atoms with Gasteiger partial charge in [0.25, 0.3) is 0 Å². The SMILES string of the molecule is Nc1ccc2ccccc2c1.Nc1nccc(Nc2ccc3ccccc3c2)n1. The molecule has 0 radical (unpaired) electrons. The molecule has 0 atom stereocenters. The van der Waals surface area contributed by atoms with E-state index in [1.54, 1.807) is 12.3 Å². The highest BCUT2D eigenvalue weighted by atomic mass is 15.1. The van der Waals surface area contributed by atoms with Gasteiger partial charge in [-0.1, -0.05) is 60.7 Å². The Morgan fingerprint density at radius 2 is 1.24 bits per heavy atom. The van der Waals surface area contributed by atoms with Gasteiger partial charge in [-0.3, -0.25) is 0 Å². The largest absolute Gasteiger partial charge is 0.399 e. The van der Waals surface area contributed by atoms with Crippen LogP contribution in [0.3, 0.4) is 0 Å². The van der Waals surface area contributed by atoms with Gasteiger partial charge in [0.05, 0.1) is 0 Å². The third-order valence-electron chi connectivity index (χ3n) is 4.47. The van der Waals surface area contributed by atoms with E-state index in [1.807, 2.05) is 48.5 Å². The average Bonchev–Trinajstić information content (AvgIpc) is 2.74. The summed E-state index contributed by atoms with van der Waals surface area (Å²) in [6, 6.07) is 30.3. The van der Waals surface area contributed by atoms with Crippen molar-refractivity contribution in [2.75, 3.05) is 16.8 Å². The molecule has 1 heterocycles. The third kappa shape index (κ3) is 4.59. The van der Waals surface area contributed by atoms with Crippen LogP contribution in [-0.4, -0.2) is 9.97 Å². The minimum atomic E-state index is 0.265. The van der Waals surface area contributed by atoms with Crippen LogP contribution in [0.5, 0.6) is 0 Å². The summed E-state index contributed by atoms with van der Waals surface area (Å²) < 4.78 is 0. The zero-order valence-corrected chi connectivity index (χ0v) is 15.8. The van der Waals surface area contributed by atoms with Crippen LogP contribution in [-0.2, 0) is 0 Å². The number of anilines is 4. The number of nitrogens with zero attached hydrogens (tertiary/aromatic N) is 2. The molecule has 0 aliphatic heterocycles. The van der Waals surface area contributed by atoms with Gasteiger partial charge < -0.3 is 16.8 Å². The molecule has 0 saturated heterocycles. The number of rotatable bonds is 2. The molecule has 0 fully saturated rings. The van der Waals surface area contributed by atoms with E-state index in [1.165, 1.54) is 21.5 Å². The van der Waals surface area contributed by atoms with Crippen LogP contribution in [0.15, 0.2) is 97.2 Å². The van der Waals surface area contributed by atoms with Crippen molar-refractivity contribution in [3.05, 3.63) is 97.2 Å². The van der Waals surface area contributed by atoms with E-state index < -0.39 is 0 Å². The van der Waals surface area contributed by atoms with E-state index in [2.05, 4.69) is 51.7 Å². The topological polar surface area (TPSA) is 89.9 Å². The van der Waals surface area contributed by atoms with Crippen molar-refractivity contribution >= 4 is 44.7 Å². The third-order valence-corrected chi connectivity index (χ3v) is 4.47. The minimum absolute atomic E-state index is 0.265. The van der Waals surface area contributed by atoms with Crippen LogP contribution < -0.4 is 16.8 Å². The van der Waals surface area contributed by atoms with Gasteiger partial charge in [-0.15, -0.1) is 0 Å². The molecule has 0 bridgehead atoms. The number of nitrogens with two attached hydrogens (primary N) is 2. The van der Waals surface area contributed by atoms with Gasteiger partial charge in [-0.25, -0.2) is 4.98 Å². The summed E-state index contributed by atoms with van der Waals surface area (Å²) in [5.74, 6) is 0.957. The number of nitrogen functional groups attached to an aromatic ring is 2. The lowest BCUT2D eigenvalue weighted by Gasteiger charge is -2.06. The highest BCUT2D eigenvalue weighted by Gasteiger charge is 1.99. The maximum absolute atomic E-state index is 5.62. The summed E-state index contributed by atoms with van der Waals surface area (Å²) in [6.07, 6.45) is 1.63. The van der Waals surface area contributed by atoms with Crippen molar-refractivity contribution in [3.63, 3.8) is 0 Å². The van der Waals surface area contributed by atoms with Crippen LogP contribution in [0.4, 0.5) is 23.1 Å². The van der Waals surface area contributed by atoms with Gasteiger partial charge in [0.2, 0.25) is 5.95 Å². The summed E-state index contributed by atoms with van der Waals surface area (Å²) in [7, 11) is 0. The van der Waals surface area contributed by atoms with Crippen molar-refractivity contribution < 1.29 is 0 Å². The molecular formula is C24H21N5. The summed E-state index contributed by atoms with van der Waals surface area (Å²) in [6.45, 7) is 0. The van der Waals surface area contributed by atoms with E-state index >= 15 is 0 Å². The second kappa shape index (κ2) is 8.27. The van der Waals surface area contributed by atoms with Gasteiger partial charge in [-0.2, -0.15) is 4.98 Å². The van der Waals surface area contributed by atoms with Gasteiger partial charge in [0, 0.05) is 17.6 Å². The van der Waals surface area contributed by atoms with Crippen molar-refractivity contribution in [2.45, 2.75) is 0 Å². The molecule has 0 aliphatic rings. The summed E-state index contributed by atoms with van der Waals surface area (Å²) in [4.78, 5) is 7.96. The van der Waals surface area contributed by atoms with Crippen LogP contribution in [0.25, 0.3) is 21.5 Å². The average molecular weight is 379 g/mol. The van der Waals surface area contributed by atoms with Crippen LogP contribution in [0.2, 0.25) is 0 Å². The normalized spacial score (nSPS) is 10.3. The minimum Gasteiger partial charge on any atom is -0.399 e. The van der Waals surface area contributed by atoms with Crippen molar-refractivity contribution in [1.29, 1.82) is 0 Å². The molecule has 5 aromatic rings. The first-order valence-electron chi connectivity index (χ1n) is 9.26. The lowest BCUT2D eigenvalue weighted by molar-refractivity contribution is 1.18. The Kier molecular flexibility index (Phi) is 5.21. The molecule has 4 aromatic carbocycles. The van der Waals surface area contributed by atoms with Crippen LogP contribution in [0, 0.1) is 0 Å². The van der Waals surface area contributed by atoms with E-state index in [4.69, 9.17) is 11.5 Å². The lowest BCUT2D eigenvalue weighted by Crippen LogP contribution is -1.98. The number of hydrogen-bond donors (Lipinski definition) is 3. The zero-order chi connectivity index (χ0) is 20.1. The molecule has 0 amide bonds. The van der Waals surface area contributed by atoms with Crippen molar-refractivity contribution in [3.8, 4) is 0 Å². The first-order valence-corrected chi connectivity index (χ1v) is 9.26. The Hall–Kier alpha value is -4.12. The number of hydrogen-bond acceptors (Lipinski definition) is 5. The Labute approximate surface area is 169 Å². The van der Waals surface area contributed by atoms with Gasteiger partial charge in [0.15, 0.2) is 0 Å². The van der Waals surface area contributed by atoms with E-state index in [0.29, 0.717) is 5.82 Å². The van der Waals surface area contributed by atoms with Crippen molar-refractivity contribution in [1.82, 2.24) is 9.97 Å². The number of nitrogens with one attached hydrogen (secondary N) is 1. The van der Waals surface area contributed by atoms with Gasteiger partial charge in [0.1, 0.15) is 5.82 Å². The molecule has 5 heteroatoms. The Bertz CT molecular complexity index is 1270. The lowest BCUT2D eigenvalue weighted by atomic mass is 10.1. The zero-order valence-electron chi connectivity index (χ0n) is 15.8. The molecule has 0 spiro atoms. The van der Waals surface area contributed by atoms with Gasteiger partial charge >= 0.3 is 0 Å². The number of aromatic nitrogens is 2. The molecular weight excluding hydrogens is 358 g/mol. The Balaban J connectivity index is 0.000000159. The van der Waals surface area contributed by atoms with Crippen LogP contribution in [0.1, 0.15) is 0 Å². The Morgan fingerprint density at radius 1 is 0.621 bits per heavy atom. The maximum Gasteiger partial charge on any atom is 0.221 e. The standard InChI is InChI=1S/C14H12N4.C10H9N/c15-14-16-8-7-13(18-14)17-12-6-5-10-3-1-2-4-11(10)9-12;11-10-6-5-8-3-1-2-4-9(8)7-10/h1-9H,(H3,15,16,17,18);1-7H,11H2. The van der Waals surface area contributed by atoms with Crippen LogP contribution >= 0.6 is 0 Å². The highest BCUT2D eigenvalue weighted by Crippen LogP contribution is 2.21. The summed E-state index contributed by atoms with van der Waals surface area (Å²) in [5, 5.41) is 8.04. The number of fused-ring (bicyclic) bond motifs is 2. The molecule has 5 rings (SSSR count). The fraction of sp³-hybridized carbons (Fsp3) is 0. The maximum atomic E-state index is 5.62. The van der Waals surface area contributed by atoms with E-state index in [0.717, 1.165) is 11.4 Å². The molecule has 0 aliphatic carbocycles. The monoisotopic (exact) mass is 379 g/mol. The van der Waals surface area contributed by atoms with E-state index in [-0.39, 0.29) is 5.95 Å². The molecule has 5 nitrogen and oxygen atoms in total. The molecule has 1 aromatic heterocycles. The fourth-order valence-corrected chi connectivity index (χ4v) is 3.07. The quantitative estimate of drug-likeness (QED) is 0.358. The second-order valence-corrected chi connectivity index (χ2v) is 6.59. The second-order valence-electron chi connectivity index (χ2n) is 6.59. The first kappa shape index (κ1) is 18.3. The van der Waals surface area contributed by atoms with Gasteiger partial charge in [-0.05, 0) is 51.9 Å². The summed E-state index contributed by atoms with van der Waals surface area (Å²) in [5.41, 5.74) is 13.0. The molecule has 142 valence electrons. The fourth-order valence-electron chi connectivity index (χ4n) is 3.07. The predicted molar refractivity (Wildman–Crippen MR) is 122 cm³/mol. The molecule has 0 unspecified atom stereocenters. The smallest absolute Gasteiger partial charge is 0.221 e. The number of benzene rings is 4. The van der Waals surface area contributed by atoms with E-state index in [9.17, 15) is 0 Å². The first-order chi connectivity index (χ1) is 14.2. The molecule has 5 N–H and O–H groups in total.